The molecule has 0 saturated carbocycles. The molecule has 0 fully saturated rings. The number of nitrogens with zero attached hydrogens (tertiary/aromatic N) is 1. The van der Waals surface area contributed by atoms with Gasteiger partial charge in [-0.05, 0) is 115 Å². The van der Waals surface area contributed by atoms with Crippen molar-refractivity contribution < 1.29 is 4.42 Å². The van der Waals surface area contributed by atoms with E-state index >= 15 is 0 Å². The minimum atomic E-state index is -0.182. The average Bonchev–Trinajstić information content (AvgIpc) is 3.77. The summed E-state index contributed by atoms with van der Waals surface area (Å²) in [5, 5.41) is 4.75. The van der Waals surface area contributed by atoms with Crippen LogP contribution < -0.4 is 4.90 Å². The van der Waals surface area contributed by atoms with Crippen LogP contribution in [-0.2, 0) is 10.8 Å². The van der Waals surface area contributed by atoms with Gasteiger partial charge in [-0.25, -0.2) is 0 Å². The molecule has 0 atom stereocenters. The molecule has 11 rings (SSSR count). The highest BCUT2D eigenvalue weighted by molar-refractivity contribution is 6.13. The number of rotatable bonds is 4. The molecular formula is C52H39NO. The normalized spacial score (nSPS) is 14.6. The van der Waals surface area contributed by atoms with Crippen molar-refractivity contribution in [3.8, 4) is 33.4 Å². The van der Waals surface area contributed by atoms with Crippen molar-refractivity contribution in [2.75, 3.05) is 4.90 Å². The Balaban J connectivity index is 1.10. The van der Waals surface area contributed by atoms with E-state index in [9.17, 15) is 0 Å². The number of hydrogen-bond acceptors (Lipinski definition) is 2. The Labute approximate surface area is 315 Å². The molecule has 1 heterocycles. The molecule has 258 valence electrons. The van der Waals surface area contributed by atoms with Crippen molar-refractivity contribution in [2.45, 2.75) is 38.5 Å². The number of anilines is 3. The third-order valence-corrected chi connectivity index (χ3v) is 12.5. The molecule has 0 N–H and O–H groups in total. The first-order valence-corrected chi connectivity index (χ1v) is 19.0. The lowest BCUT2D eigenvalue weighted by molar-refractivity contribution is 0.639. The summed E-state index contributed by atoms with van der Waals surface area (Å²) in [5.74, 6) is 0. The lowest BCUT2D eigenvalue weighted by Gasteiger charge is -2.29. The largest absolute Gasteiger partial charge is 0.456 e. The van der Waals surface area contributed by atoms with E-state index in [2.05, 4.69) is 190 Å². The van der Waals surface area contributed by atoms with Gasteiger partial charge in [0.05, 0.1) is 11.1 Å². The Bertz CT molecular complexity index is 2990. The van der Waals surface area contributed by atoms with Gasteiger partial charge < -0.3 is 9.32 Å². The molecule has 54 heavy (non-hydrogen) atoms. The van der Waals surface area contributed by atoms with E-state index in [1.54, 1.807) is 0 Å². The first-order chi connectivity index (χ1) is 26.3. The number of fused-ring (bicyclic) bond motifs is 10. The predicted octanol–water partition coefficient (Wildman–Crippen LogP) is 14.5. The second-order valence-corrected chi connectivity index (χ2v) is 16.1. The topological polar surface area (TPSA) is 16.4 Å². The molecule has 0 bridgehead atoms. The van der Waals surface area contributed by atoms with Crippen molar-refractivity contribution in [3.63, 3.8) is 0 Å². The highest BCUT2D eigenvalue weighted by Crippen LogP contribution is 2.57. The number of benzene rings is 8. The maximum Gasteiger partial charge on any atom is 0.137 e. The van der Waals surface area contributed by atoms with E-state index in [1.807, 2.05) is 6.07 Å². The second kappa shape index (κ2) is 11.1. The number of furan rings is 1. The van der Waals surface area contributed by atoms with Crippen LogP contribution in [0.5, 0.6) is 0 Å². The molecule has 0 amide bonds. The van der Waals surface area contributed by atoms with Crippen LogP contribution in [0.15, 0.2) is 168 Å². The Kier molecular flexibility index (Phi) is 6.39. The fourth-order valence-electron chi connectivity index (χ4n) is 9.69. The lowest BCUT2D eigenvalue weighted by atomic mass is 9.77. The van der Waals surface area contributed by atoms with Gasteiger partial charge in [0, 0.05) is 27.6 Å². The lowest BCUT2D eigenvalue weighted by Crippen LogP contribution is -2.19. The summed E-state index contributed by atoms with van der Waals surface area (Å²) in [4.78, 5) is 2.43. The molecule has 9 aromatic rings. The fourth-order valence-corrected chi connectivity index (χ4v) is 9.69. The molecular weight excluding hydrogens is 655 g/mol. The molecule has 2 nitrogen and oxygen atoms in total. The summed E-state index contributed by atoms with van der Waals surface area (Å²) in [6.45, 7) is 9.55. The van der Waals surface area contributed by atoms with Crippen molar-refractivity contribution in [3.05, 3.63) is 186 Å². The van der Waals surface area contributed by atoms with E-state index < -0.39 is 0 Å². The fraction of sp³-hybridized carbons (Fsp3) is 0.115. The zero-order chi connectivity index (χ0) is 36.3. The van der Waals surface area contributed by atoms with Crippen LogP contribution >= 0.6 is 0 Å². The van der Waals surface area contributed by atoms with Gasteiger partial charge in [0.1, 0.15) is 11.2 Å². The van der Waals surface area contributed by atoms with Gasteiger partial charge in [0.25, 0.3) is 0 Å². The van der Waals surface area contributed by atoms with Gasteiger partial charge >= 0.3 is 0 Å². The monoisotopic (exact) mass is 693 g/mol. The van der Waals surface area contributed by atoms with Crippen LogP contribution in [0.2, 0.25) is 0 Å². The summed E-state index contributed by atoms with van der Waals surface area (Å²) in [6.07, 6.45) is 0. The summed E-state index contributed by atoms with van der Waals surface area (Å²) in [7, 11) is 0. The molecule has 8 aromatic carbocycles. The van der Waals surface area contributed by atoms with Crippen molar-refractivity contribution >= 4 is 49.8 Å². The molecule has 0 radical (unpaired) electrons. The number of para-hydroxylation sites is 1. The summed E-state index contributed by atoms with van der Waals surface area (Å²) in [6, 6.07) is 60.2. The van der Waals surface area contributed by atoms with Gasteiger partial charge in [-0.1, -0.05) is 143 Å². The third-order valence-electron chi connectivity index (χ3n) is 12.5. The highest BCUT2D eigenvalue weighted by atomic mass is 16.3. The SMILES string of the molecule is CC1(C)c2ccccc2-c2cc3c(cc21)C(C)(C)c1cc(N(c2ccc(-c4cccc5ccccc45)cc2)c2cccc4oc5ccccc5c24)ccc1-3. The smallest absolute Gasteiger partial charge is 0.137 e. The van der Waals surface area contributed by atoms with Crippen LogP contribution in [0.3, 0.4) is 0 Å². The maximum absolute atomic E-state index is 6.44. The molecule has 0 saturated heterocycles. The quantitative estimate of drug-likeness (QED) is 0.182. The Morgan fingerprint density at radius 1 is 0.407 bits per heavy atom. The zero-order valence-corrected chi connectivity index (χ0v) is 30.9. The van der Waals surface area contributed by atoms with Gasteiger partial charge in [0.2, 0.25) is 0 Å². The third kappa shape index (κ3) is 4.28. The summed E-state index contributed by atoms with van der Waals surface area (Å²) in [5.41, 5.74) is 18.3. The number of hydrogen-bond donors (Lipinski definition) is 0. The maximum atomic E-state index is 6.44. The van der Waals surface area contributed by atoms with Crippen LogP contribution in [-0.4, -0.2) is 0 Å². The molecule has 0 spiro atoms. The Morgan fingerprint density at radius 2 is 1.00 bits per heavy atom. The molecule has 0 unspecified atom stereocenters. The molecule has 1 aromatic heterocycles. The first-order valence-electron chi connectivity index (χ1n) is 19.0. The zero-order valence-electron chi connectivity index (χ0n) is 30.9. The van der Waals surface area contributed by atoms with E-state index in [4.69, 9.17) is 4.42 Å². The Morgan fingerprint density at radius 3 is 1.83 bits per heavy atom. The second-order valence-electron chi connectivity index (χ2n) is 16.1. The van der Waals surface area contributed by atoms with Crippen molar-refractivity contribution in [1.82, 2.24) is 0 Å². The predicted molar refractivity (Wildman–Crippen MR) is 226 cm³/mol. The highest BCUT2D eigenvalue weighted by Gasteiger charge is 2.42. The Hall–Kier alpha value is -6.38. The first kappa shape index (κ1) is 31.2. The molecule has 2 heteroatoms. The minimum Gasteiger partial charge on any atom is -0.456 e. The molecule has 0 aliphatic heterocycles. The molecule has 2 aliphatic rings. The van der Waals surface area contributed by atoms with Gasteiger partial charge in [-0.2, -0.15) is 0 Å². The van der Waals surface area contributed by atoms with E-state index in [-0.39, 0.29) is 10.8 Å². The van der Waals surface area contributed by atoms with Gasteiger partial charge in [-0.3, -0.25) is 0 Å². The van der Waals surface area contributed by atoms with E-state index in [0.717, 1.165) is 39.0 Å². The van der Waals surface area contributed by atoms with Crippen LogP contribution in [0, 0.1) is 0 Å². The summed E-state index contributed by atoms with van der Waals surface area (Å²) >= 11 is 0. The van der Waals surface area contributed by atoms with Gasteiger partial charge in [-0.15, -0.1) is 0 Å². The van der Waals surface area contributed by atoms with Crippen LogP contribution in [0.1, 0.15) is 49.9 Å². The standard InChI is InChI=1S/C52H39NO/c1-51(2)43-19-9-7-16-38(43)41-30-42-39-28-27-35(29-44(39)52(3,4)46(42)31-45(41)51)53(47-20-12-22-49-50(47)40-17-8-10-21-48(40)54-49)34-25-23-33(24-26-34)37-18-11-14-32-13-5-6-15-36(32)37/h5-31H,1-4H3. The van der Waals surface area contributed by atoms with Crippen LogP contribution in [0.4, 0.5) is 17.1 Å². The summed E-state index contributed by atoms with van der Waals surface area (Å²) < 4.78 is 6.44. The molecule has 2 aliphatic carbocycles. The van der Waals surface area contributed by atoms with Gasteiger partial charge in [0.15, 0.2) is 0 Å². The van der Waals surface area contributed by atoms with E-state index in [1.165, 1.54) is 66.4 Å². The van der Waals surface area contributed by atoms with E-state index in [0.29, 0.717) is 0 Å². The minimum absolute atomic E-state index is 0.0436. The van der Waals surface area contributed by atoms with Crippen molar-refractivity contribution in [1.29, 1.82) is 0 Å². The average molecular weight is 694 g/mol. The van der Waals surface area contributed by atoms with Crippen molar-refractivity contribution in [2.24, 2.45) is 0 Å². The van der Waals surface area contributed by atoms with Crippen LogP contribution in [0.25, 0.3) is 66.1 Å².